The van der Waals surface area contributed by atoms with E-state index in [-0.39, 0.29) is 5.69 Å². The number of carbonyl (C=O) groups excluding carboxylic acids is 1. The van der Waals surface area contributed by atoms with Crippen LogP contribution in [0.2, 0.25) is 0 Å². The number of aromatic nitrogens is 3. The molecule has 0 spiro atoms. The minimum atomic E-state index is -3.13. The molecule has 0 saturated heterocycles. The fraction of sp³-hybridized carbons (Fsp3) is 0.458. The molecule has 1 N–H and O–H groups in total. The van der Waals surface area contributed by atoms with E-state index in [9.17, 15) is 13.6 Å². The van der Waals surface area contributed by atoms with Crippen molar-refractivity contribution < 1.29 is 18.3 Å². The van der Waals surface area contributed by atoms with Crippen molar-refractivity contribution in [3.63, 3.8) is 0 Å². The zero-order valence-electron chi connectivity index (χ0n) is 18.8. The maximum atomic E-state index is 13.6. The number of hydrogen-bond acceptors (Lipinski definition) is 4. The Kier molecular flexibility index (Phi) is 6.88. The van der Waals surface area contributed by atoms with Crippen molar-refractivity contribution in [3.05, 3.63) is 47.9 Å². The molecule has 0 bridgehead atoms. The summed E-state index contributed by atoms with van der Waals surface area (Å²) >= 11 is 2.51. The van der Waals surface area contributed by atoms with Gasteiger partial charge in [-0.05, 0) is 49.8 Å². The molecule has 1 aliphatic rings. The summed E-state index contributed by atoms with van der Waals surface area (Å²) in [5.41, 5.74) is 0.672. The molecule has 1 unspecified atom stereocenters. The monoisotopic (exact) mass is 568 g/mol. The van der Waals surface area contributed by atoms with Crippen LogP contribution in [0.25, 0.3) is 10.9 Å². The van der Waals surface area contributed by atoms with Gasteiger partial charge in [-0.3, -0.25) is 9.48 Å². The van der Waals surface area contributed by atoms with Crippen LogP contribution in [0.4, 0.5) is 14.5 Å². The van der Waals surface area contributed by atoms with E-state index in [4.69, 9.17) is 9.84 Å². The Balaban J connectivity index is 1.56. The number of methoxy groups -OCH3 is 1. The highest BCUT2D eigenvalue weighted by atomic mass is 127. The number of anilines is 1. The van der Waals surface area contributed by atoms with Gasteiger partial charge in [0.15, 0.2) is 0 Å². The molecule has 6 nitrogen and oxygen atoms in total. The summed E-state index contributed by atoms with van der Waals surface area (Å²) in [6.07, 6.45) is 6.57. The highest BCUT2D eigenvalue weighted by Gasteiger charge is 2.28. The number of benzene rings is 1. The van der Waals surface area contributed by atoms with Gasteiger partial charge < -0.3 is 10.1 Å². The molecule has 2 heterocycles. The minimum Gasteiger partial charge on any atom is -0.494 e. The lowest BCUT2D eigenvalue weighted by atomic mass is 9.84. The van der Waals surface area contributed by atoms with Crippen molar-refractivity contribution in [1.82, 2.24) is 14.8 Å². The summed E-state index contributed by atoms with van der Waals surface area (Å²) in [5.74, 6) is -2.51. The fourth-order valence-electron chi connectivity index (χ4n) is 4.34. The summed E-state index contributed by atoms with van der Waals surface area (Å²) in [4.78, 5) is 16.6. The second-order valence-electron chi connectivity index (χ2n) is 8.72. The molecule has 9 heteroatoms. The van der Waals surface area contributed by atoms with Crippen molar-refractivity contribution in [2.45, 2.75) is 55.4 Å². The van der Waals surface area contributed by atoms with E-state index < -0.39 is 17.5 Å². The van der Waals surface area contributed by atoms with Gasteiger partial charge in [0.2, 0.25) is 0 Å². The van der Waals surface area contributed by atoms with Gasteiger partial charge in [0.25, 0.3) is 11.8 Å². The van der Waals surface area contributed by atoms with E-state index in [1.54, 1.807) is 12.1 Å². The second-order valence-corrected chi connectivity index (χ2v) is 10.7. The van der Waals surface area contributed by atoms with E-state index >= 15 is 0 Å². The normalized spacial score (nSPS) is 19.9. The maximum Gasteiger partial charge on any atom is 0.287 e. The molecule has 0 aliphatic heterocycles. The van der Waals surface area contributed by atoms with Crippen LogP contribution in [0, 0.1) is 5.92 Å². The molecule has 1 aromatic carbocycles. The third-order valence-electron chi connectivity index (χ3n) is 6.29. The van der Waals surface area contributed by atoms with Crippen molar-refractivity contribution in [2.75, 3.05) is 12.4 Å². The average Bonchev–Trinajstić information content (AvgIpc) is 3.21. The number of ether oxygens (including phenoxy) is 1. The fourth-order valence-corrected chi connectivity index (χ4v) is 5.06. The van der Waals surface area contributed by atoms with Gasteiger partial charge >= 0.3 is 0 Å². The van der Waals surface area contributed by atoms with Crippen LogP contribution in [0.3, 0.4) is 0 Å². The first kappa shape index (κ1) is 23.8. The number of alkyl halides is 3. The lowest BCUT2D eigenvalue weighted by molar-refractivity contribution is 0.0126. The quantitative estimate of drug-likeness (QED) is 0.278. The number of amides is 1. The Labute approximate surface area is 205 Å². The Bertz CT molecular complexity index is 1150. The zero-order valence-corrected chi connectivity index (χ0v) is 21.0. The van der Waals surface area contributed by atoms with Crippen molar-refractivity contribution >= 4 is 45.1 Å². The molecule has 4 rings (SSSR count). The number of nitrogens with one attached hydrogen (secondary N) is 1. The summed E-state index contributed by atoms with van der Waals surface area (Å²) in [6, 6.07) is 7.94. The summed E-state index contributed by atoms with van der Waals surface area (Å²) in [6.45, 7) is 3.02. The highest BCUT2D eigenvalue weighted by molar-refractivity contribution is 14.1. The number of halogens is 3. The topological polar surface area (TPSA) is 69.0 Å². The third-order valence-corrected chi connectivity index (χ3v) is 7.31. The summed E-state index contributed by atoms with van der Waals surface area (Å²) in [5, 5.41) is 8.38. The zero-order chi connectivity index (χ0) is 23.8. The largest absolute Gasteiger partial charge is 0.494 e. The molecule has 33 heavy (non-hydrogen) atoms. The molecule has 1 amide bonds. The second kappa shape index (κ2) is 9.52. The molecule has 1 saturated carbocycles. The van der Waals surface area contributed by atoms with Crippen LogP contribution in [0.5, 0.6) is 5.75 Å². The molecular weight excluding hydrogens is 541 g/mol. The van der Waals surface area contributed by atoms with Crippen LogP contribution < -0.4 is 10.1 Å². The van der Waals surface area contributed by atoms with Gasteiger partial charge in [0.1, 0.15) is 17.1 Å². The summed E-state index contributed by atoms with van der Waals surface area (Å²) in [7, 11) is 1.51. The van der Waals surface area contributed by atoms with Gasteiger partial charge in [-0.15, -0.1) is 0 Å². The predicted octanol–water partition coefficient (Wildman–Crippen LogP) is 6.36. The molecular formula is C24H27F2IN4O2. The van der Waals surface area contributed by atoms with E-state index in [0.29, 0.717) is 21.4 Å². The van der Waals surface area contributed by atoms with E-state index in [0.717, 1.165) is 36.6 Å². The first-order valence-corrected chi connectivity index (χ1v) is 12.3. The van der Waals surface area contributed by atoms with Gasteiger partial charge in [-0.2, -0.15) is 13.9 Å². The van der Waals surface area contributed by atoms with Crippen LogP contribution in [0.1, 0.15) is 61.8 Å². The standard InChI is InChI=1S/C24H27F2IN4O2/c1-14(27)15-7-9-17(10-8-15)31-13-16-11-20(21(33-3)12-19(16)30-31)29-23(32)18-5-4-6-22(28-18)24(2,25)26/h4-6,11-15,17H,7-10H2,1-3H3,(H,29,32)/t14?,15-,17-. The SMILES string of the molecule is COc1cc2nn([C@H]3CC[C@H](C(C)I)CC3)cc2cc1NC(=O)c1cccc(C(C)(F)F)n1. The predicted molar refractivity (Wildman–Crippen MR) is 133 cm³/mol. The molecule has 2 aromatic heterocycles. The number of carbonyl (C=O) groups is 1. The van der Waals surface area contributed by atoms with Gasteiger partial charge in [0.05, 0.1) is 24.4 Å². The van der Waals surface area contributed by atoms with E-state index in [1.165, 1.54) is 38.2 Å². The Hall–Kier alpha value is -2.30. The van der Waals surface area contributed by atoms with Crippen molar-refractivity contribution in [2.24, 2.45) is 5.92 Å². The van der Waals surface area contributed by atoms with E-state index in [1.807, 2.05) is 10.9 Å². The lowest BCUT2D eigenvalue weighted by Gasteiger charge is -2.30. The van der Waals surface area contributed by atoms with Gasteiger partial charge in [-0.1, -0.05) is 35.6 Å². The van der Waals surface area contributed by atoms with E-state index in [2.05, 4.69) is 39.8 Å². The Morgan fingerprint density at radius 1 is 1.27 bits per heavy atom. The number of hydrogen-bond donors (Lipinski definition) is 1. The first-order chi connectivity index (χ1) is 15.7. The molecule has 3 aromatic rings. The highest BCUT2D eigenvalue weighted by Crippen LogP contribution is 2.37. The van der Waals surface area contributed by atoms with Gasteiger partial charge in [-0.25, -0.2) is 4.98 Å². The van der Waals surface area contributed by atoms with Gasteiger partial charge in [0, 0.05) is 28.5 Å². The molecule has 1 fully saturated rings. The third kappa shape index (κ3) is 5.28. The molecule has 0 radical (unpaired) electrons. The first-order valence-electron chi connectivity index (χ1n) is 11.0. The number of pyridine rings is 1. The van der Waals surface area contributed by atoms with Crippen LogP contribution in [0.15, 0.2) is 36.5 Å². The Morgan fingerprint density at radius 2 is 2.00 bits per heavy atom. The van der Waals surface area contributed by atoms with Crippen LogP contribution >= 0.6 is 22.6 Å². The van der Waals surface area contributed by atoms with Crippen LogP contribution in [-0.4, -0.2) is 31.7 Å². The van der Waals surface area contributed by atoms with Crippen molar-refractivity contribution in [1.29, 1.82) is 0 Å². The lowest BCUT2D eigenvalue weighted by Crippen LogP contribution is -2.22. The molecule has 1 atom stereocenters. The minimum absolute atomic E-state index is 0.0897. The molecule has 176 valence electrons. The molecule has 1 aliphatic carbocycles. The smallest absolute Gasteiger partial charge is 0.287 e. The average molecular weight is 568 g/mol. The maximum absolute atomic E-state index is 13.6. The van der Waals surface area contributed by atoms with Crippen molar-refractivity contribution in [3.8, 4) is 5.75 Å². The number of nitrogens with zero attached hydrogens (tertiary/aromatic N) is 3. The number of fused-ring (bicyclic) bond motifs is 1. The van der Waals surface area contributed by atoms with Crippen LogP contribution in [-0.2, 0) is 5.92 Å². The summed E-state index contributed by atoms with van der Waals surface area (Å²) < 4.78 is 35.4. The number of rotatable bonds is 6. The Morgan fingerprint density at radius 3 is 2.64 bits per heavy atom.